The smallest absolute Gasteiger partial charge is 0.114 e. The highest BCUT2D eigenvalue weighted by atomic mass is 15.1. The minimum atomic E-state index is 0.259. The Labute approximate surface area is 128 Å². The van der Waals surface area contributed by atoms with Gasteiger partial charge in [-0.2, -0.15) is 0 Å². The van der Waals surface area contributed by atoms with Crippen LogP contribution in [0.4, 0.5) is 0 Å². The molecule has 1 atom stereocenters. The lowest BCUT2D eigenvalue weighted by Gasteiger charge is -2.25. The zero-order chi connectivity index (χ0) is 15.6. The third-order valence-electron chi connectivity index (χ3n) is 3.89. The van der Waals surface area contributed by atoms with E-state index in [0.29, 0.717) is 12.5 Å². The number of aromatic nitrogens is 2. The molecule has 1 aromatic carbocycles. The Morgan fingerprint density at radius 2 is 2.00 bits per heavy atom. The van der Waals surface area contributed by atoms with Crippen molar-refractivity contribution in [3.05, 3.63) is 29.6 Å². The van der Waals surface area contributed by atoms with E-state index < -0.39 is 0 Å². The second-order valence-electron chi connectivity index (χ2n) is 7.31. The van der Waals surface area contributed by atoms with Crippen molar-refractivity contribution in [1.82, 2.24) is 9.55 Å². The normalized spacial score (nSPS) is 13.8. The largest absolute Gasteiger partial charge is 0.330 e. The van der Waals surface area contributed by atoms with Crippen molar-refractivity contribution in [2.45, 2.75) is 59.9 Å². The fourth-order valence-electron chi connectivity index (χ4n) is 3.05. The molecule has 0 amide bonds. The minimum absolute atomic E-state index is 0.259. The predicted octanol–water partition coefficient (Wildman–Crippen LogP) is 4.23. The summed E-state index contributed by atoms with van der Waals surface area (Å²) in [6, 6.07) is 6.54. The summed E-state index contributed by atoms with van der Waals surface area (Å²) in [5.74, 6) is 1.49. The highest BCUT2D eigenvalue weighted by Crippen LogP contribution is 2.32. The van der Waals surface area contributed by atoms with Crippen molar-refractivity contribution >= 4 is 11.0 Å². The minimum Gasteiger partial charge on any atom is -0.330 e. The quantitative estimate of drug-likeness (QED) is 0.894. The number of aryl methyl sites for hydroxylation is 2. The summed E-state index contributed by atoms with van der Waals surface area (Å²) in [5, 5.41) is 0. The fourth-order valence-corrected chi connectivity index (χ4v) is 3.05. The monoisotopic (exact) mass is 287 g/mol. The summed E-state index contributed by atoms with van der Waals surface area (Å²) in [6.07, 6.45) is 2.18. The Balaban J connectivity index is 2.52. The standard InChI is InChI=1S/C18H29N3/c1-6-9-21-16-8-7-13(2)10-15(16)20-17(21)14(12-19)11-18(3,4)5/h7-8,10,14H,6,9,11-12,19H2,1-5H3. The average molecular weight is 287 g/mol. The first-order valence-electron chi connectivity index (χ1n) is 8.02. The SMILES string of the molecule is CCCn1c(C(CN)CC(C)(C)C)nc2cc(C)ccc21. The zero-order valence-electron chi connectivity index (χ0n) is 14.1. The van der Waals surface area contributed by atoms with Crippen molar-refractivity contribution in [2.24, 2.45) is 11.1 Å². The summed E-state index contributed by atoms with van der Waals surface area (Å²) in [5.41, 5.74) is 9.94. The second-order valence-corrected chi connectivity index (χ2v) is 7.31. The first-order chi connectivity index (χ1) is 9.85. The maximum absolute atomic E-state index is 6.08. The van der Waals surface area contributed by atoms with Gasteiger partial charge >= 0.3 is 0 Å². The molecule has 116 valence electrons. The molecular weight excluding hydrogens is 258 g/mol. The second kappa shape index (κ2) is 6.18. The van der Waals surface area contributed by atoms with Crippen LogP contribution < -0.4 is 5.73 Å². The van der Waals surface area contributed by atoms with Gasteiger partial charge in [0.15, 0.2) is 0 Å². The van der Waals surface area contributed by atoms with Crippen molar-refractivity contribution in [2.75, 3.05) is 6.54 Å². The lowest BCUT2D eigenvalue weighted by atomic mass is 9.84. The molecule has 0 aliphatic heterocycles. The zero-order valence-corrected chi connectivity index (χ0v) is 14.1. The fraction of sp³-hybridized carbons (Fsp3) is 0.611. The van der Waals surface area contributed by atoms with Gasteiger partial charge in [0.05, 0.1) is 11.0 Å². The molecule has 2 rings (SSSR count). The summed E-state index contributed by atoms with van der Waals surface area (Å²) in [4.78, 5) is 4.93. The van der Waals surface area contributed by atoms with Gasteiger partial charge in [-0.3, -0.25) is 0 Å². The van der Waals surface area contributed by atoms with Gasteiger partial charge in [-0.15, -0.1) is 0 Å². The van der Waals surface area contributed by atoms with E-state index >= 15 is 0 Å². The summed E-state index contributed by atoms with van der Waals surface area (Å²) in [6.45, 7) is 12.8. The molecule has 0 aliphatic rings. The van der Waals surface area contributed by atoms with Crippen molar-refractivity contribution in [1.29, 1.82) is 0 Å². The van der Waals surface area contributed by atoms with E-state index in [-0.39, 0.29) is 5.41 Å². The van der Waals surface area contributed by atoms with Gasteiger partial charge in [0.1, 0.15) is 5.82 Å². The van der Waals surface area contributed by atoms with Crippen LogP contribution in [0, 0.1) is 12.3 Å². The van der Waals surface area contributed by atoms with E-state index in [1.54, 1.807) is 0 Å². The average Bonchev–Trinajstić information content (AvgIpc) is 2.73. The van der Waals surface area contributed by atoms with Crippen LogP contribution in [0.1, 0.15) is 57.8 Å². The number of benzene rings is 1. The van der Waals surface area contributed by atoms with Gasteiger partial charge in [0.2, 0.25) is 0 Å². The molecule has 1 unspecified atom stereocenters. The first kappa shape index (κ1) is 16.0. The van der Waals surface area contributed by atoms with Crippen LogP contribution in [0.5, 0.6) is 0 Å². The van der Waals surface area contributed by atoms with E-state index in [2.05, 4.69) is 57.4 Å². The van der Waals surface area contributed by atoms with Crippen LogP contribution in [0.2, 0.25) is 0 Å². The van der Waals surface area contributed by atoms with Crippen molar-refractivity contribution in [3.8, 4) is 0 Å². The van der Waals surface area contributed by atoms with Gasteiger partial charge in [-0.05, 0) is 42.9 Å². The molecule has 3 nitrogen and oxygen atoms in total. The third kappa shape index (κ3) is 3.65. The molecule has 0 aliphatic carbocycles. The molecule has 0 bridgehead atoms. The number of rotatable bonds is 5. The number of nitrogens with two attached hydrogens (primary N) is 1. The van der Waals surface area contributed by atoms with Gasteiger partial charge in [0.25, 0.3) is 0 Å². The molecule has 0 saturated carbocycles. The summed E-state index contributed by atoms with van der Waals surface area (Å²) >= 11 is 0. The van der Waals surface area contributed by atoms with Crippen molar-refractivity contribution in [3.63, 3.8) is 0 Å². The number of nitrogens with zero attached hydrogens (tertiary/aromatic N) is 2. The number of imidazole rings is 1. The topological polar surface area (TPSA) is 43.8 Å². The molecule has 2 N–H and O–H groups in total. The summed E-state index contributed by atoms with van der Waals surface area (Å²) in [7, 11) is 0. The highest BCUT2D eigenvalue weighted by Gasteiger charge is 2.24. The maximum atomic E-state index is 6.08. The van der Waals surface area contributed by atoms with Crippen LogP contribution in [0.25, 0.3) is 11.0 Å². The van der Waals surface area contributed by atoms with Gasteiger partial charge in [-0.25, -0.2) is 4.98 Å². The van der Waals surface area contributed by atoms with Crippen LogP contribution in [-0.4, -0.2) is 16.1 Å². The Kier molecular flexibility index (Phi) is 4.72. The summed E-state index contributed by atoms with van der Waals surface area (Å²) < 4.78 is 2.37. The van der Waals surface area contributed by atoms with Crippen molar-refractivity contribution < 1.29 is 0 Å². The molecule has 0 saturated heterocycles. The first-order valence-corrected chi connectivity index (χ1v) is 8.02. The molecule has 0 radical (unpaired) electrons. The lowest BCUT2D eigenvalue weighted by molar-refractivity contribution is 0.331. The molecule has 0 spiro atoms. The molecule has 21 heavy (non-hydrogen) atoms. The third-order valence-corrected chi connectivity index (χ3v) is 3.89. The molecule has 1 aromatic heterocycles. The Morgan fingerprint density at radius 3 is 2.57 bits per heavy atom. The Bertz CT molecular complexity index is 605. The maximum Gasteiger partial charge on any atom is 0.114 e. The molecule has 0 fully saturated rings. The van der Waals surface area contributed by atoms with Crippen LogP contribution in [0.3, 0.4) is 0 Å². The van der Waals surface area contributed by atoms with Crippen LogP contribution in [-0.2, 0) is 6.54 Å². The number of fused-ring (bicyclic) bond motifs is 1. The Hall–Kier alpha value is -1.35. The molecule has 2 aromatic rings. The van der Waals surface area contributed by atoms with E-state index in [0.717, 1.165) is 30.7 Å². The van der Waals surface area contributed by atoms with Gasteiger partial charge < -0.3 is 10.3 Å². The van der Waals surface area contributed by atoms with E-state index in [1.807, 2.05) is 0 Å². The predicted molar refractivity (Wildman–Crippen MR) is 90.6 cm³/mol. The number of hydrogen-bond donors (Lipinski definition) is 1. The van der Waals surface area contributed by atoms with E-state index in [4.69, 9.17) is 10.7 Å². The molecular formula is C18H29N3. The van der Waals surface area contributed by atoms with Crippen LogP contribution >= 0.6 is 0 Å². The highest BCUT2D eigenvalue weighted by molar-refractivity contribution is 5.77. The van der Waals surface area contributed by atoms with Gasteiger partial charge in [-0.1, -0.05) is 33.8 Å². The molecule has 3 heteroatoms. The van der Waals surface area contributed by atoms with Gasteiger partial charge in [0, 0.05) is 19.0 Å². The van der Waals surface area contributed by atoms with E-state index in [9.17, 15) is 0 Å². The Morgan fingerprint density at radius 1 is 1.29 bits per heavy atom. The number of hydrogen-bond acceptors (Lipinski definition) is 2. The lowest BCUT2D eigenvalue weighted by Crippen LogP contribution is -2.22. The van der Waals surface area contributed by atoms with Crippen LogP contribution in [0.15, 0.2) is 18.2 Å². The van der Waals surface area contributed by atoms with E-state index in [1.165, 1.54) is 11.1 Å². The molecule has 1 heterocycles.